The highest BCUT2D eigenvalue weighted by molar-refractivity contribution is 6.10. The molecule has 0 bridgehead atoms. The molecule has 3 heterocycles. The summed E-state index contributed by atoms with van der Waals surface area (Å²) in [5.41, 5.74) is 15.2. The summed E-state index contributed by atoms with van der Waals surface area (Å²) in [4.78, 5) is 35.4. The zero-order chi connectivity index (χ0) is 31.2. The van der Waals surface area contributed by atoms with Crippen molar-refractivity contribution in [3.63, 3.8) is 0 Å². The molecule has 1 aliphatic carbocycles. The van der Waals surface area contributed by atoms with Crippen molar-refractivity contribution in [2.75, 3.05) is 31.3 Å². The zero-order valence-corrected chi connectivity index (χ0v) is 24.9. The molecule has 0 spiro atoms. The van der Waals surface area contributed by atoms with Crippen molar-refractivity contribution >= 4 is 29.2 Å². The maximum Gasteiger partial charge on any atom is 0.261 e. The Morgan fingerprint density at radius 3 is 2.70 bits per heavy atom. The van der Waals surface area contributed by atoms with E-state index < -0.39 is 11.7 Å². The zero-order valence-electron chi connectivity index (χ0n) is 24.9. The molecule has 1 aliphatic heterocycles. The van der Waals surface area contributed by atoms with Gasteiger partial charge >= 0.3 is 0 Å². The van der Waals surface area contributed by atoms with Gasteiger partial charge in [-0.25, -0.2) is 9.37 Å². The quantitative estimate of drug-likeness (QED) is 0.302. The number of carbonyl (C=O) groups excluding carboxylic acids is 1. The van der Waals surface area contributed by atoms with Gasteiger partial charge in [0.25, 0.3) is 5.91 Å². The molecule has 5 N–H and O–H groups in total. The third-order valence-corrected chi connectivity index (χ3v) is 8.06. The monoisotopic (exact) mass is 596 g/mol. The standard InChI is InChI=1S/C34H37FN6O3/c1-21-3-5-23(6-4-21)29-19-41(18-22-9-11-44-12-10-22)20-30(32(29)42)34(43)40-26-7-8-27(31(35)14-26)28-13-24(17-39-33(28)37)25(15-36)16-38-2/h3-5,7-8,13-17,19-20,22-23H,6,9-12,18,36H2,1-2H3,(H2,37,39)(H,40,43). The van der Waals surface area contributed by atoms with E-state index in [4.69, 9.17) is 16.2 Å². The second-order valence-corrected chi connectivity index (χ2v) is 11.2. The van der Waals surface area contributed by atoms with Gasteiger partial charge in [0.05, 0.1) is 0 Å². The van der Waals surface area contributed by atoms with E-state index in [-0.39, 0.29) is 34.0 Å². The first-order chi connectivity index (χ1) is 21.3. The smallest absolute Gasteiger partial charge is 0.261 e. The summed E-state index contributed by atoms with van der Waals surface area (Å²) < 4.78 is 22.9. The third-order valence-electron chi connectivity index (χ3n) is 8.06. The van der Waals surface area contributed by atoms with Crippen LogP contribution in [0.4, 0.5) is 15.9 Å². The summed E-state index contributed by atoms with van der Waals surface area (Å²) in [6, 6.07) is 5.97. The molecule has 228 valence electrons. The van der Waals surface area contributed by atoms with Crippen molar-refractivity contribution in [3.8, 4) is 11.1 Å². The highest BCUT2D eigenvalue weighted by Gasteiger charge is 2.23. The number of aliphatic imine (C=N–C) groups is 1. The molecule has 5 rings (SSSR count). The van der Waals surface area contributed by atoms with E-state index >= 15 is 4.39 Å². The summed E-state index contributed by atoms with van der Waals surface area (Å²) in [7, 11) is 1.62. The number of halogens is 1. The van der Waals surface area contributed by atoms with Crippen LogP contribution in [0, 0.1) is 11.7 Å². The van der Waals surface area contributed by atoms with Crippen LogP contribution < -0.4 is 22.2 Å². The summed E-state index contributed by atoms with van der Waals surface area (Å²) in [6.07, 6.45) is 16.6. The minimum absolute atomic E-state index is 0.0126. The van der Waals surface area contributed by atoms with Crippen molar-refractivity contribution in [1.82, 2.24) is 9.55 Å². The number of rotatable bonds is 8. The normalized spacial score (nSPS) is 17.6. The summed E-state index contributed by atoms with van der Waals surface area (Å²) >= 11 is 0. The molecule has 1 aromatic carbocycles. The van der Waals surface area contributed by atoms with E-state index in [1.165, 1.54) is 24.5 Å². The number of nitrogens with one attached hydrogen (secondary N) is 1. The number of allylic oxidation sites excluding steroid dienone is 5. The minimum atomic E-state index is -0.615. The predicted octanol–water partition coefficient (Wildman–Crippen LogP) is 5.30. The van der Waals surface area contributed by atoms with Gasteiger partial charge in [0.15, 0.2) is 5.43 Å². The van der Waals surface area contributed by atoms with Crippen LogP contribution in [-0.2, 0) is 11.3 Å². The number of nitrogen functional groups attached to an aromatic ring is 1. The van der Waals surface area contributed by atoms with Crippen molar-refractivity contribution < 1.29 is 13.9 Å². The molecule has 1 amide bonds. The van der Waals surface area contributed by atoms with Gasteiger partial charge in [-0.1, -0.05) is 23.8 Å². The molecule has 10 heteroatoms. The highest BCUT2D eigenvalue weighted by Crippen LogP contribution is 2.31. The number of pyridine rings is 2. The number of hydrogen-bond donors (Lipinski definition) is 3. The Balaban J connectivity index is 1.44. The average Bonchev–Trinajstić information content (AvgIpc) is 3.02. The molecule has 44 heavy (non-hydrogen) atoms. The first-order valence-corrected chi connectivity index (χ1v) is 14.6. The topological polar surface area (TPSA) is 138 Å². The molecule has 9 nitrogen and oxygen atoms in total. The van der Waals surface area contributed by atoms with Crippen LogP contribution in [0.25, 0.3) is 16.7 Å². The molecule has 1 unspecified atom stereocenters. The van der Waals surface area contributed by atoms with Crippen molar-refractivity contribution in [3.05, 3.63) is 106 Å². The fourth-order valence-electron chi connectivity index (χ4n) is 5.58. The molecule has 0 radical (unpaired) electrons. The molecule has 0 saturated carbocycles. The van der Waals surface area contributed by atoms with Crippen LogP contribution >= 0.6 is 0 Å². The lowest BCUT2D eigenvalue weighted by Crippen LogP contribution is -2.29. The lowest BCUT2D eigenvalue weighted by molar-refractivity contribution is 0.0611. The minimum Gasteiger partial charge on any atom is -0.404 e. The fourth-order valence-corrected chi connectivity index (χ4v) is 5.58. The van der Waals surface area contributed by atoms with Crippen molar-refractivity contribution in [1.29, 1.82) is 0 Å². The Morgan fingerprint density at radius 2 is 2.02 bits per heavy atom. The van der Waals surface area contributed by atoms with Crippen LogP contribution in [0.15, 0.2) is 82.6 Å². The number of aromatic nitrogens is 2. The number of benzene rings is 1. The summed E-state index contributed by atoms with van der Waals surface area (Å²) in [5.74, 6) is -0.832. The predicted molar refractivity (Wildman–Crippen MR) is 173 cm³/mol. The van der Waals surface area contributed by atoms with Gasteiger partial charge in [-0.15, -0.1) is 0 Å². The molecule has 3 aromatic rings. The second-order valence-electron chi connectivity index (χ2n) is 11.2. The van der Waals surface area contributed by atoms with Crippen LogP contribution in [0.3, 0.4) is 0 Å². The van der Waals surface area contributed by atoms with Gasteiger partial charge in [-0.2, -0.15) is 0 Å². The molecule has 1 atom stereocenters. The number of amides is 1. The molecule has 2 aliphatic rings. The lowest BCUT2D eigenvalue weighted by atomic mass is 9.90. The number of carbonyl (C=O) groups is 1. The van der Waals surface area contributed by atoms with Gasteiger partial charge in [0, 0.05) is 97.2 Å². The molecule has 1 fully saturated rings. The van der Waals surface area contributed by atoms with Crippen molar-refractivity contribution in [2.45, 2.75) is 38.6 Å². The van der Waals surface area contributed by atoms with Crippen LogP contribution in [0.1, 0.15) is 53.6 Å². The molecular weight excluding hydrogens is 559 g/mol. The van der Waals surface area contributed by atoms with Crippen LogP contribution in [0.5, 0.6) is 0 Å². The SMILES string of the molecule is CN=CC(=CN)c1cnc(N)c(-c2ccc(NC(=O)c3cn(CC4CCOCC4)cc(C4C=CC(C)=CC4)c3=O)cc2F)c1. The lowest BCUT2D eigenvalue weighted by Gasteiger charge is -2.24. The number of nitrogens with zero attached hydrogens (tertiary/aromatic N) is 3. The van der Waals surface area contributed by atoms with Gasteiger partial charge in [0.1, 0.15) is 17.2 Å². The Hall–Kier alpha value is -4.83. The van der Waals surface area contributed by atoms with E-state index in [0.29, 0.717) is 54.4 Å². The van der Waals surface area contributed by atoms with E-state index in [1.54, 1.807) is 31.6 Å². The second kappa shape index (κ2) is 13.6. The molecular formula is C34H37FN6O3. The van der Waals surface area contributed by atoms with E-state index in [1.807, 2.05) is 29.8 Å². The van der Waals surface area contributed by atoms with Crippen LogP contribution in [0.2, 0.25) is 0 Å². The fraction of sp³-hybridized carbons (Fsp3) is 0.294. The number of hydrogen-bond acceptors (Lipinski definition) is 7. The number of nitrogens with two attached hydrogens (primary N) is 2. The Morgan fingerprint density at radius 1 is 1.23 bits per heavy atom. The maximum absolute atomic E-state index is 15.5. The van der Waals surface area contributed by atoms with E-state index in [2.05, 4.69) is 21.4 Å². The first kappa shape index (κ1) is 30.6. The van der Waals surface area contributed by atoms with E-state index in [0.717, 1.165) is 18.4 Å². The third kappa shape index (κ3) is 6.86. The highest BCUT2D eigenvalue weighted by atomic mass is 19.1. The largest absolute Gasteiger partial charge is 0.404 e. The molecule has 2 aromatic heterocycles. The summed E-state index contributed by atoms with van der Waals surface area (Å²) in [5, 5.41) is 2.72. The Labute approximate surface area is 255 Å². The maximum atomic E-state index is 15.5. The number of anilines is 2. The number of ether oxygens (including phenoxy) is 1. The summed E-state index contributed by atoms with van der Waals surface area (Å²) in [6.45, 7) is 4.09. The Bertz CT molecular complexity index is 1730. The molecule has 1 saturated heterocycles. The van der Waals surface area contributed by atoms with Gasteiger partial charge in [-0.3, -0.25) is 14.6 Å². The average molecular weight is 597 g/mol. The van der Waals surface area contributed by atoms with Crippen LogP contribution in [-0.4, -0.2) is 41.9 Å². The first-order valence-electron chi connectivity index (χ1n) is 14.6. The van der Waals surface area contributed by atoms with Gasteiger partial charge in [0.2, 0.25) is 0 Å². The van der Waals surface area contributed by atoms with Gasteiger partial charge < -0.3 is 26.1 Å². The van der Waals surface area contributed by atoms with E-state index in [9.17, 15) is 9.59 Å². The van der Waals surface area contributed by atoms with Crippen molar-refractivity contribution in [2.24, 2.45) is 16.6 Å². The Kier molecular flexibility index (Phi) is 9.50. The van der Waals surface area contributed by atoms with Gasteiger partial charge in [-0.05, 0) is 56.4 Å².